The number of carbonyl (C=O) groups is 3. The Morgan fingerprint density at radius 3 is 2.57 bits per heavy atom. The van der Waals surface area contributed by atoms with Gasteiger partial charge in [-0.15, -0.1) is 0 Å². The van der Waals surface area contributed by atoms with E-state index < -0.39 is 6.04 Å². The van der Waals surface area contributed by atoms with Crippen molar-refractivity contribution in [1.29, 1.82) is 0 Å². The zero-order chi connectivity index (χ0) is 21.5. The van der Waals surface area contributed by atoms with Gasteiger partial charge in [0.1, 0.15) is 6.04 Å². The molecule has 1 aliphatic heterocycles. The summed E-state index contributed by atoms with van der Waals surface area (Å²) in [5, 5.41) is 5.87. The third-order valence-corrected chi connectivity index (χ3v) is 5.44. The summed E-state index contributed by atoms with van der Waals surface area (Å²) in [6, 6.07) is 16.1. The van der Waals surface area contributed by atoms with Gasteiger partial charge in [-0.2, -0.15) is 0 Å². The van der Waals surface area contributed by atoms with Gasteiger partial charge in [-0.05, 0) is 50.9 Å². The Kier molecular flexibility index (Phi) is 7.36. The van der Waals surface area contributed by atoms with E-state index in [0.717, 1.165) is 24.9 Å². The fourth-order valence-corrected chi connectivity index (χ4v) is 3.96. The van der Waals surface area contributed by atoms with Gasteiger partial charge < -0.3 is 10.6 Å². The van der Waals surface area contributed by atoms with Gasteiger partial charge in [-0.1, -0.05) is 42.5 Å². The number of rotatable bonds is 7. The number of amides is 2. The lowest BCUT2D eigenvalue weighted by Gasteiger charge is -2.37. The second-order valence-corrected chi connectivity index (χ2v) is 7.67. The molecule has 2 unspecified atom stereocenters. The molecule has 0 radical (unpaired) electrons. The van der Waals surface area contributed by atoms with Crippen molar-refractivity contribution in [3.8, 4) is 0 Å². The Bertz CT molecular complexity index is 898. The van der Waals surface area contributed by atoms with E-state index in [9.17, 15) is 14.4 Å². The van der Waals surface area contributed by atoms with E-state index in [4.69, 9.17) is 0 Å². The summed E-state index contributed by atoms with van der Waals surface area (Å²) in [5.41, 5.74) is 2.03. The minimum absolute atomic E-state index is 0.0450. The molecule has 2 atom stereocenters. The molecule has 3 rings (SSSR count). The van der Waals surface area contributed by atoms with Crippen molar-refractivity contribution in [1.82, 2.24) is 10.2 Å². The molecular formula is C24H29N3O3. The summed E-state index contributed by atoms with van der Waals surface area (Å²) >= 11 is 0. The first-order valence-electron chi connectivity index (χ1n) is 10.5. The number of nitrogens with one attached hydrogen (secondary N) is 2. The average Bonchev–Trinajstić information content (AvgIpc) is 2.75. The predicted molar refractivity (Wildman–Crippen MR) is 117 cm³/mol. The molecule has 30 heavy (non-hydrogen) atoms. The zero-order valence-electron chi connectivity index (χ0n) is 17.6. The highest BCUT2D eigenvalue weighted by molar-refractivity contribution is 5.98. The summed E-state index contributed by atoms with van der Waals surface area (Å²) in [5.74, 6) is -0.299. The van der Waals surface area contributed by atoms with Crippen LogP contribution in [0.4, 0.5) is 5.69 Å². The van der Waals surface area contributed by atoms with Crippen LogP contribution in [0.3, 0.4) is 0 Å². The van der Waals surface area contributed by atoms with Crippen LogP contribution < -0.4 is 10.6 Å². The van der Waals surface area contributed by atoms with Crippen LogP contribution in [0.15, 0.2) is 54.6 Å². The van der Waals surface area contributed by atoms with Crippen LogP contribution in [0, 0.1) is 5.92 Å². The Hall–Kier alpha value is -2.99. The van der Waals surface area contributed by atoms with Gasteiger partial charge in [-0.25, -0.2) is 0 Å². The Morgan fingerprint density at radius 2 is 1.87 bits per heavy atom. The molecule has 0 spiro atoms. The molecule has 1 heterocycles. The fourth-order valence-electron chi connectivity index (χ4n) is 3.96. The molecule has 6 nitrogen and oxygen atoms in total. The number of hydrogen-bond donors (Lipinski definition) is 2. The maximum Gasteiger partial charge on any atom is 0.246 e. The van der Waals surface area contributed by atoms with E-state index in [0.29, 0.717) is 24.3 Å². The predicted octanol–water partition coefficient (Wildman–Crippen LogP) is 3.42. The number of Topliss-reactive ketones (excluding diaryl/α,β-unsaturated/α-hetero) is 1. The highest BCUT2D eigenvalue weighted by Gasteiger charge is 2.34. The van der Waals surface area contributed by atoms with Gasteiger partial charge in [0.25, 0.3) is 0 Å². The van der Waals surface area contributed by atoms with Crippen molar-refractivity contribution >= 4 is 23.3 Å². The number of benzene rings is 2. The number of piperidine rings is 1. The Labute approximate surface area is 177 Å². The van der Waals surface area contributed by atoms with Crippen molar-refractivity contribution in [3.05, 3.63) is 65.7 Å². The number of hydrogen-bond acceptors (Lipinski definition) is 4. The fraction of sp³-hybridized carbons (Fsp3) is 0.375. The minimum Gasteiger partial charge on any atom is -0.356 e. The van der Waals surface area contributed by atoms with Gasteiger partial charge in [0.15, 0.2) is 5.78 Å². The van der Waals surface area contributed by atoms with Crippen LogP contribution in [0.25, 0.3) is 0 Å². The summed E-state index contributed by atoms with van der Waals surface area (Å²) in [4.78, 5) is 39.5. The highest BCUT2D eigenvalue weighted by atomic mass is 16.2. The zero-order valence-corrected chi connectivity index (χ0v) is 17.6. The third kappa shape index (κ3) is 5.33. The second kappa shape index (κ2) is 10.2. The van der Waals surface area contributed by atoms with Crippen molar-refractivity contribution in [2.75, 3.05) is 25.0 Å². The number of carbonyl (C=O) groups excluding carboxylic acids is 3. The minimum atomic E-state index is -0.510. The molecule has 2 aromatic carbocycles. The normalized spacial score (nSPS) is 17.7. The highest BCUT2D eigenvalue weighted by Crippen LogP contribution is 2.28. The van der Waals surface area contributed by atoms with Crippen LogP contribution in [0.2, 0.25) is 0 Å². The standard InChI is InChI=1S/C24H29N3O3/c1-3-25-23(29)20-12-8-14-27(16-20)22(18-9-5-4-6-10-18)24(30)26-21-13-7-11-19(15-21)17(2)28/h4-7,9-11,13,15,20,22H,3,8,12,14,16H2,1-2H3,(H,25,29)(H,26,30). The molecule has 0 aromatic heterocycles. The van der Waals surface area contributed by atoms with Gasteiger partial charge >= 0.3 is 0 Å². The Balaban J connectivity index is 1.84. The maximum atomic E-state index is 13.4. The van der Waals surface area contributed by atoms with E-state index in [-0.39, 0.29) is 23.5 Å². The third-order valence-electron chi connectivity index (χ3n) is 5.44. The summed E-state index contributed by atoms with van der Waals surface area (Å²) in [7, 11) is 0. The van der Waals surface area contributed by atoms with Gasteiger partial charge in [0.05, 0.1) is 5.92 Å². The second-order valence-electron chi connectivity index (χ2n) is 7.67. The topological polar surface area (TPSA) is 78.5 Å². The van der Waals surface area contributed by atoms with E-state index in [1.807, 2.05) is 37.3 Å². The summed E-state index contributed by atoms with van der Waals surface area (Å²) in [6.45, 7) is 5.30. The largest absolute Gasteiger partial charge is 0.356 e. The molecule has 2 N–H and O–H groups in total. The summed E-state index contributed by atoms with van der Waals surface area (Å²) < 4.78 is 0. The number of nitrogens with zero attached hydrogens (tertiary/aromatic N) is 1. The number of ketones is 1. The smallest absolute Gasteiger partial charge is 0.246 e. The van der Waals surface area contributed by atoms with Crippen molar-refractivity contribution in [2.45, 2.75) is 32.7 Å². The SMILES string of the molecule is CCNC(=O)C1CCCN(C(C(=O)Nc2cccc(C(C)=O)c2)c2ccccc2)C1. The van der Waals surface area contributed by atoms with E-state index in [2.05, 4.69) is 15.5 Å². The maximum absolute atomic E-state index is 13.4. The van der Waals surface area contributed by atoms with Crippen molar-refractivity contribution in [3.63, 3.8) is 0 Å². The van der Waals surface area contributed by atoms with E-state index in [1.54, 1.807) is 24.3 Å². The molecule has 1 fully saturated rings. The quantitative estimate of drug-likeness (QED) is 0.690. The van der Waals surface area contributed by atoms with Crippen LogP contribution in [-0.4, -0.2) is 42.1 Å². The first-order chi connectivity index (χ1) is 14.5. The van der Waals surface area contributed by atoms with Crippen LogP contribution in [-0.2, 0) is 9.59 Å². The van der Waals surface area contributed by atoms with Crippen molar-refractivity contribution in [2.24, 2.45) is 5.92 Å². The molecule has 6 heteroatoms. The first-order valence-corrected chi connectivity index (χ1v) is 10.5. The monoisotopic (exact) mass is 407 g/mol. The lowest BCUT2D eigenvalue weighted by atomic mass is 9.93. The summed E-state index contributed by atoms with van der Waals surface area (Å²) in [6.07, 6.45) is 1.68. The van der Waals surface area contributed by atoms with Crippen LogP contribution in [0.5, 0.6) is 0 Å². The molecule has 2 amide bonds. The van der Waals surface area contributed by atoms with Gasteiger partial charge in [-0.3, -0.25) is 19.3 Å². The molecular weight excluding hydrogens is 378 g/mol. The molecule has 1 saturated heterocycles. The van der Waals surface area contributed by atoms with Crippen LogP contribution in [0.1, 0.15) is 48.7 Å². The van der Waals surface area contributed by atoms with Gasteiger partial charge in [0.2, 0.25) is 11.8 Å². The molecule has 0 saturated carbocycles. The molecule has 158 valence electrons. The lowest BCUT2D eigenvalue weighted by Crippen LogP contribution is -2.47. The molecule has 2 aromatic rings. The van der Waals surface area contributed by atoms with Gasteiger partial charge in [0, 0.05) is 24.3 Å². The lowest BCUT2D eigenvalue weighted by molar-refractivity contribution is -0.129. The number of anilines is 1. The molecule has 0 bridgehead atoms. The Morgan fingerprint density at radius 1 is 1.10 bits per heavy atom. The average molecular weight is 408 g/mol. The molecule has 1 aliphatic rings. The molecule has 0 aliphatic carbocycles. The number of likely N-dealkylation sites (tertiary alicyclic amines) is 1. The van der Waals surface area contributed by atoms with Crippen LogP contribution >= 0.6 is 0 Å². The van der Waals surface area contributed by atoms with E-state index in [1.165, 1.54) is 6.92 Å². The van der Waals surface area contributed by atoms with Crippen molar-refractivity contribution < 1.29 is 14.4 Å². The van der Waals surface area contributed by atoms with E-state index >= 15 is 0 Å². The first kappa shape index (κ1) is 21.7.